The van der Waals surface area contributed by atoms with Gasteiger partial charge in [-0.25, -0.2) is 4.98 Å². The number of likely N-dealkylation sites (tertiary alicyclic amines) is 1. The van der Waals surface area contributed by atoms with Crippen LogP contribution < -0.4 is 0 Å². The Morgan fingerprint density at radius 2 is 2.11 bits per heavy atom. The molecule has 1 amide bonds. The fourth-order valence-corrected chi connectivity index (χ4v) is 3.25. The Bertz CT molecular complexity index is 575. The van der Waals surface area contributed by atoms with Gasteiger partial charge in [0.15, 0.2) is 5.16 Å². The molecule has 2 aromatic heterocycles. The highest BCUT2D eigenvalue weighted by molar-refractivity contribution is 7.99. The Balaban J connectivity index is 1.64. The molecule has 0 N–H and O–H groups in total. The molecule has 0 spiro atoms. The minimum Gasteiger partial charge on any atom is -0.342 e. The van der Waals surface area contributed by atoms with Gasteiger partial charge in [0.05, 0.1) is 17.5 Å². The van der Waals surface area contributed by atoms with Crippen LogP contribution in [0.4, 0.5) is 0 Å². The zero-order valence-corrected chi connectivity index (χ0v) is 11.6. The minimum atomic E-state index is 0.234. The molecule has 0 radical (unpaired) electrons. The number of hydrogen-bond donors (Lipinski definition) is 0. The van der Waals surface area contributed by atoms with Gasteiger partial charge in [-0.2, -0.15) is 0 Å². The highest BCUT2D eigenvalue weighted by Crippen LogP contribution is 2.19. The second-order valence-corrected chi connectivity index (χ2v) is 5.71. The third-order valence-corrected chi connectivity index (χ3v) is 4.39. The molecule has 5 heteroatoms. The SMILES string of the molecule is O=C(CSc1ncc2ccccn12)N1CCCCC1. The van der Waals surface area contributed by atoms with Gasteiger partial charge in [0.1, 0.15) is 0 Å². The number of rotatable bonds is 3. The van der Waals surface area contributed by atoms with Crippen molar-refractivity contribution >= 4 is 23.2 Å². The van der Waals surface area contributed by atoms with E-state index in [4.69, 9.17) is 0 Å². The highest BCUT2D eigenvalue weighted by Gasteiger charge is 2.17. The Morgan fingerprint density at radius 3 is 2.95 bits per heavy atom. The number of amides is 1. The summed E-state index contributed by atoms with van der Waals surface area (Å²) in [7, 11) is 0. The van der Waals surface area contributed by atoms with E-state index in [1.807, 2.05) is 39.9 Å². The van der Waals surface area contributed by atoms with Crippen LogP contribution in [0.3, 0.4) is 0 Å². The molecular formula is C14H17N3OS. The molecule has 100 valence electrons. The number of nitrogens with zero attached hydrogens (tertiary/aromatic N) is 3. The Kier molecular flexibility index (Phi) is 3.73. The average molecular weight is 275 g/mol. The summed E-state index contributed by atoms with van der Waals surface area (Å²) in [5, 5.41) is 0.890. The van der Waals surface area contributed by atoms with E-state index < -0.39 is 0 Å². The molecule has 0 unspecified atom stereocenters. The third kappa shape index (κ3) is 2.76. The van der Waals surface area contributed by atoms with E-state index in [-0.39, 0.29) is 5.91 Å². The molecule has 1 saturated heterocycles. The zero-order valence-electron chi connectivity index (χ0n) is 10.8. The van der Waals surface area contributed by atoms with Crippen molar-refractivity contribution in [2.24, 2.45) is 0 Å². The van der Waals surface area contributed by atoms with Crippen LogP contribution in [-0.2, 0) is 4.79 Å². The van der Waals surface area contributed by atoms with Crippen LogP contribution >= 0.6 is 11.8 Å². The molecule has 3 heterocycles. The van der Waals surface area contributed by atoms with Gasteiger partial charge in [0, 0.05) is 19.3 Å². The fraction of sp³-hybridized carbons (Fsp3) is 0.429. The maximum Gasteiger partial charge on any atom is 0.233 e. The molecule has 1 aliphatic heterocycles. The molecule has 3 rings (SSSR count). The van der Waals surface area contributed by atoms with E-state index in [0.717, 1.165) is 36.6 Å². The number of carbonyl (C=O) groups excluding carboxylic acids is 1. The second kappa shape index (κ2) is 5.65. The predicted molar refractivity (Wildman–Crippen MR) is 76.3 cm³/mol. The molecule has 0 atom stereocenters. The van der Waals surface area contributed by atoms with Crippen LogP contribution in [0.25, 0.3) is 5.52 Å². The number of imidazole rings is 1. The number of carbonyl (C=O) groups is 1. The molecule has 19 heavy (non-hydrogen) atoms. The first kappa shape index (κ1) is 12.5. The van der Waals surface area contributed by atoms with Gasteiger partial charge in [-0.05, 0) is 31.4 Å². The molecular weight excluding hydrogens is 258 g/mol. The zero-order chi connectivity index (χ0) is 13.1. The van der Waals surface area contributed by atoms with Crippen molar-refractivity contribution in [3.8, 4) is 0 Å². The standard InChI is InChI=1S/C14H17N3OS/c18-13(16-7-3-1-4-8-16)11-19-14-15-10-12-6-2-5-9-17(12)14/h2,5-6,9-10H,1,3-4,7-8,11H2. The van der Waals surface area contributed by atoms with Crippen molar-refractivity contribution in [1.82, 2.24) is 14.3 Å². The summed E-state index contributed by atoms with van der Waals surface area (Å²) in [4.78, 5) is 18.4. The number of piperidine rings is 1. The minimum absolute atomic E-state index is 0.234. The fourth-order valence-electron chi connectivity index (χ4n) is 2.39. The van der Waals surface area contributed by atoms with Crippen molar-refractivity contribution in [2.75, 3.05) is 18.8 Å². The maximum absolute atomic E-state index is 12.1. The molecule has 1 aliphatic rings. The first-order valence-electron chi connectivity index (χ1n) is 6.67. The summed E-state index contributed by atoms with van der Waals surface area (Å²) in [6.45, 7) is 1.84. The van der Waals surface area contributed by atoms with Gasteiger partial charge in [-0.15, -0.1) is 0 Å². The lowest BCUT2D eigenvalue weighted by Gasteiger charge is -2.26. The summed E-state index contributed by atoms with van der Waals surface area (Å²) in [6, 6.07) is 5.99. The lowest BCUT2D eigenvalue weighted by molar-refractivity contribution is -0.129. The van der Waals surface area contributed by atoms with E-state index in [1.165, 1.54) is 18.2 Å². The topological polar surface area (TPSA) is 37.6 Å². The number of pyridine rings is 1. The third-order valence-electron chi connectivity index (χ3n) is 3.44. The second-order valence-electron chi connectivity index (χ2n) is 4.77. The van der Waals surface area contributed by atoms with Crippen LogP contribution in [0.2, 0.25) is 0 Å². The van der Waals surface area contributed by atoms with Crippen molar-refractivity contribution in [2.45, 2.75) is 24.4 Å². The molecule has 0 saturated carbocycles. The number of fused-ring (bicyclic) bond motifs is 1. The Morgan fingerprint density at radius 1 is 1.26 bits per heavy atom. The van der Waals surface area contributed by atoms with Crippen molar-refractivity contribution in [3.63, 3.8) is 0 Å². The average Bonchev–Trinajstić information content (AvgIpc) is 2.89. The van der Waals surface area contributed by atoms with Crippen molar-refractivity contribution in [1.29, 1.82) is 0 Å². The molecule has 0 aliphatic carbocycles. The Labute approximate surface area is 116 Å². The van der Waals surface area contributed by atoms with Gasteiger partial charge in [-0.1, -0.05) is 17.8 Å². The quantitative estimate of drug-likeness (QED) is 0.807. The summed E-state index contributed by atoms with van der Waals surface area (Å²) >= 11 is 1.52. The normalized spacial score (nSPS) is 15.9. The van der Waals surface area contributed by atoms with Gasteiger partial charge >= 0.3 is 0 Å². The maximum atomic E-state index is 12.1. The van der Waals surface area contributed by atoms with Crippen molar-refractivity contribution in [3.05, 3.63) is 30.6 Å². The van der Waals surface area contributed by atoms with E-state index in [0.29, 0.717) is 5.75 Å². The summed E-state index contributed by atoms with van der Waals surface area (Å²) < 4.78 is 2.02. The summed E-state index contributed by atoms with van der Waals surface area (Å²) in [5.41, 5.74) is 1.07. The van der Waals surface area contributed by atoms with Gasteiger partial charge in [-0.3, -0.25) is 9.20 Å². The van der Waals surface area contributed by atoms with E-state index in [2.05, 4.69) is 4.98 Å². The Hall–Kier alpha value is -1.49. The van der Waals surface area contributed by atoms with E-state index in [1.54, 1.807) is 0 Å². The lowest BCUT2D eigenvalue weighted by Crippen LogP contribution is -2.36. The molecule has 4 nitrogen and oxygen atoms in total. The highest BCUT2D eigenvalue weighted by atomic mass is 32.2. The first-order chi connectivity index (χ1) is 9.34. The smallest absolute Gasteiger partial charge is 0.233 e. The van der Waals surface area contributed by atoms with Crippen LogP contribution in [0.1, 0.15) is 19.3 Å². The van der Waals surface area contributed by atoms with E-state index in [9.17, 15) is 4.79 Å². The monoisotopic (exact) mass is 275 g/mol. The van der Waals surface area contributed by atoms with Crippen LogP contribution in [-0.4, -0.2) is 39.0 Å². The molecule has 2 aromatic rings. The van der Waals surface area contributed by atoms with Crippen LogP contribution in [0.15, 0.2) is 35.7 Å². The van der Waals surface area contributed by atoms with Crippen molar-refractivity contribution < 1.29 is 4.79 Å². The van der Waals surface area contributed by atoms with Gasteiger partial charge in [0.2, 0.25) is 5.91 Å². The number of aromatic nitrogens is 2. The molecule has 1 fully saturated rings. The van der Waals surface area contributed by atoms with Crippen LogP contribution in [0, 0.1) is 0 Å². The number of hydrogen-bond acceptors (Lipinski definition) is 3. The number of thioether (sulfide) groups is 1. The van der Waals surface area contributed by atoms with E-state index >= 15 is 0 Å². The predicted octanol–water partition coefficient (Wildman–Crippen LogP) is 2.44. The first-order valence-corrected chi connectivity index (χ1v) is 7.66. The molecule has 0 bridgehead atoms. The van der Waals surface area contributed by atoms with Gasteiger partial charge in [0.25, 0.3) is 0 Å². The molecule has 0 aromatic carbocycles. The van der Waals surface area contributed by atoms with Crippen LogP contribution in [0.5, 0.6) is 0 Å². The van der Waals surface area contributed by atoms with Gasteiger partial charge < -0.3 is 4.90 Å². The largest absolute Gasteiger partial charge is 0.342 e. The lowest BCUT2D eigenvalue weighted by atomic mass is 10.1. The summed E-state index contributed by atoms with van der Waals surface area (Å²) in [6.07, 6.45) is 7.36. The summed E-state index contributed by atoms with van der Waals surface area (Å²) in [5.74, 6) is 0.714.